The molecule has 1 fully saturated rings. The summed E-state index contributed by atoms with van der Waals surface area (Å²) in [5.74, 6) is 2.45. The summed E-state index contributed by atoms with van der Waals surface area (Å²) in [5.41, 5.74) is 2.88. The smallest absolute Gasteiger partial charge is 0.250 e. The third kappa shape index (κ3) is 3.64. The van der Waals surface area contributed by atoms with Gasteiger partial charge in [0.2, 0.25) is 0 Å². The Balaban J connectivity index is 1.63. The van der Waals surface area contributed by atoms with Crippen LogP contribution < -0.4 is 9.16 Å². The van der Waals surface area contributed by atoms with Gasteiger partial charge in [0, 0.05) is 22.9 Å². The van der Waals surface area contributed by atoms with Crippen LogP contribution >= 0.6 is 0 Å². The Morgan fingerprint density at radius 1 is 0.971 bits per heavy atom. The largest absolute Gasteiger partial charge is 0.541 e. The molecular weight excluding hydrogens is 466 g/mol. The van der Waals surface area contributed by atoms with Gasteiger partial charge in [-0.1, -0.05) is 59.8 Å². The Bertz CT molecular complexity index is 1050. The first-order valence-electron chi connectivity index (χ1n) is 13.6. The highest BCUT2D eigenvalue weighted by molar-refractivity contribution is 6.75. The van der Waals surface area contributed by atoms with Crippen molar-refractivity contribution in [2.45, 2.75) is 114 Å². The van der Waals surface area contributed by atoms with Crippen LogP contribution in [0.15, 0.2) is 24.3 Å². The van der Waals surface area contributed by atoms with E-state index >= 15 is 0 Å². The van der Waals surface area contributed by atoms with Crippen LogP contribution in [0.1, 0.15) is 59.1 Å². The molecule has 0 aromatic heterocycles. The van der Waals surface area contributed by atoms with Crippen molar-refractivity contribution in [1.82, 2.24) is 4.90 Å². The Hall–Kier alpha value is -1.09. The van der Waals surface area contributed by atoms with Crippen molar-refractivity contribution >= 4 is 16.6 Å². The summed E-state index contributed by atoms with van der Waals surface area (Å²) in [6, 6.07) is 5.07. The highest BCUT2D eigenvalue weighted by Crippen LogP contribution is 2.63. The Labute approximate surface area is 215 Å². The zero-order chi connectivity index (χ0) is 25.8. The number of likely N-dealkylation sites (N-methyl/N-ethyl adjacent to an activating group) is 1. The van der Waals surface area contributed by atoms with Crippen molar-refractivity contribution in [2.24, 2.45) is 5.92 Å². The van der Waals surface area contributed by atoms with Gasteiger partial charge in [0.05, 0.1) is 0 Å². The molecule has 2 bridgehead atoms. The van der Waals surface area contributed by atoms with E-state index in [9.17, 15) is 0 Å². The quantitative estimate of drug-likeness (QED) is 0.323. The molecule has 1 aromatic rings. The summed E-state index contributed by atoms with van der Waals surface area (Å²) >= 11 is 0. The van der Waals surface area contributed by atoms with Crippen LogP contribution in [0.2, 0.25) is 36.3 Å². The van der Waals surface area contributed by atoms with Gasteiger partial charge < -0.3 is 18.5 Å². The maximum Gasteiger partial charge on any atom is 0.250 e. The maximum atomic E-state index is 7.10. The van der Waals surface area contributed by atoms with Crippen molar-refractivity contribution in [3.05, 3.63) is 35.4 Å². The van der Waals surface area contributed by atoms with E-state index in [0.717, 1.165) is 30.9 Å². The molecule has 0 N–H and O–H groups in total. The van der Waals surface area contributed by atoms with Crippen LogP contribution in [0.5, 0.6) is 11.5 Å². The molecule has 0 amide bonds. The molecule has 0 saturated carbocycles. The van der Waals surface area contributed by atoms with Gasteiger partial charge in [-0.05, 0) is 74.3 Å². The second kappa shape index (κ2) is 7.72. The molecule has 0 radical (unpaired) electrons. The molecule has 5 rings (SSSR count). The number of rotatable bonds is 4. The van der Waals surface area contributed by atoms with Crippen LogP contribution in [0, 0.1) is 5.92 Å². The Morgan fingerprint density at radius 3 is 2.26 bits per heavy atom. The molecular formula is C29H47NO3Si2. The third-order valence-electron chi connectivity index (χ3n) is 10.5. The molecule has 4 nitrogen and oxygen atoms in total. The first-order valence-corrected chi connectivity index (χ1v) is 19.4. The van der Waals surface area contributed by atoms with E-state index in [1.165, 1.54) is 11.1 Å². The standard InChI is InChI=1S/C29H47NO3Si2/c1-27(2,3)34(8,9)32-22-14-12-19-18-21-20-13-15-23(33-35(10,11)28(4,5)6)26-29(20,16-17-30(21)7)24(19)25(22)31-26/h12-15,20-21,23,26H,16-18H2,1-11H3/t20-,21+,23-,26-,29-/m0/s1. The van der Waals surface area contributed by atoms with E-state index in [1.807, 2.05) is 0 Å². The molecule has 2 aliphatic carbocycles. The number of hydrogen-bond acceptors (Lipinski definition) is 4. The molecule has 1 saturated heterocycles. The summed E-state index contributed by atoms with van der Waals surface area (Å²) in [5, 5.41) is 0.292. The summed E-state index contributed by atoms with van der Waals surface area (Å²) in [7, 11) is -1.68. The molecule has 2 aliphatic heterocycles. The van der Waals surface area contributed by atoms with Crippen molar-refractivity contribution in [3.8, 4) is 11.5 Å². The zero-order valence-electron chi connectivity index (χ0n) is 23.9. The van der Waals surface area contributed by atoms with Crippen molar-refractivity contribution < 1.29 is 13.6 Å². The molecule has 6 heteroatoms. The highest BCUT2D eigenvalue weighted by Gasteiger charge is 2.65. The normalized spacial score (nSPS) is 32.3. The van der Waals surface area contributed by atoms with Gasteiger partial charge >= 0.3 is 0 Å². The van der Waals surface area contributed by atoms with Crippen molar-refractivity contribution in [3.63, 3.8) is 0 Å². The Morgan fingerprint density at radius 2 is 1.63 bits per heavy atom. The van der Waals surface area contributed by atoms with Crippen LogP contribution in [0.25, 0.3) is 0 Å². The third-order valence-corrected chi connectivity index (χ3v) is 19.3. The molecule has 194 valence electrons. The molecule has 1 spiro atoms. The summed E-state index contributed by atoms with van der Waals surface area (Å²) < 4.78 is 21.1. The number of likely N-dealkylation sites (tertiary alicyclic amines) is 1. The predicted octanol–water partition coefficient (Wildman–Crippen LogP) is 6.91. The minimum Gasteiger partial charge on any atom is -0.541 e. The van der Waals surface area contributed by atoms with E-state index in [0.29, 0.717) is 12.0 Å². The van der Waals surface area contributed by atoms with Crippen LogP contribution in [0.3, 0.4) is 0 Å². The monoisotopic (exact) mass is 513 g/mol. The van der Waals surface area contributed by atoms with E-state index in [2.05, 4.69) is 104 Å². The summed E-state index contributed by atoms with van der Waals surface area (Å²) in [4.78, 5) is 2.58. The first-order chi connectivity index (χ1) is 16.0. The number of piperidine rings is 1. The lowest BCUT2D eigenvalue weighted by Gasteiger charge is -2.57. The predicted molar refractivity (Wildman–Crippen MR) is 150 cm³/mol. The highest BCUT2D eigenvalue weighted by atomic mass is 28.4. The van der Waals surface area contributed by atoms with Gasteiger partial charge in [-0.25, -0.2) is 0 Å². The van der Waals surface area contributed by atoms with Crippen molar-refractivity contribution in [2.75, 3.05) is 13.6 Å². The topological polar surface area (TPSA) is 30.9 Å². The fourth-order valence-corrected chi connectivity index (χ4v) is 8.59. The number of benzene rings is 1. The van der Waals surface area contributed by atoms with E-state index in [-0.39, 0.29) is 27.7 Å². The molecule has 4 aliphatic rings. The molecule has 35 heavy (non-hydrogen) atoms. The lowest BCUT2D eigenvalue weighted by Crippen LogP contribution is -2.66. The van der Waals surface area contributed by atoms with Crippen LogP contribution in [-0.2, 0) is 16.3 Å². The van der Waals surface area contributed by atoms with Gasteiger partial charge in [0.25, 0.3) is 8.32 Å². The maximum absolute atomic E-state index is 7.10. The second-order valence-corrected chi connectivity index (χ2v) is 24.1. The lowest BCUT2D eigenvalue weighted by atomic mass is 9.53. The van der Waals surface area contributed by atoms with E-state index in [1.54, 1.807) is 0 Å². The molecule has 1 aromatic carbocycles. The van der Waals surface area contributed by atoms with Crippen LogP contribution in [0.4, 0.5) is 0 Å². The number of hydrogen-bond donors (Lipinski definition) is 0. The molecule has 5 atom stereocenters. The number of ether oxygens (including phenoxy) is 1. The summed E-state index contributed by atoms with van der Waals surface area (Å²) in [6.45, 7) is 24.4. The minimum atomic E-state index is -2.01. The fourth-order valence-electron chi connectivity index (χ4n) is 6.34. The van der Waals surface area contributed by atoms with Gasteiger partial charge in [-0.15, -0.1) is 0 Å². The fraction of sp³-hybridized carbons (Fsp3) is 0.724. The molecule has 2 heterocycles. The lowest BCUT2D eigenvalue weighted by molar-refractivity contribution is -0.0414. The Kier molecular flexibility index (Phi) is 5.63. The van der Waals surface area contributed by atoms with Crippen molar-refractivity contribution in [1.29, 1.82) is 0 Å². The van der Waals surface area contributed by atoms with Gasteiger partial charge in [0.1, 0.15) is 18.0 Å². The van der Waals surface area contributed by atoms with Gasteiger partial charge in [-0.3, -0.25) is 0 Å². The minimum absolute atomic E-state index is 0.0149. The average molecular weight is 514 g/mol. The van der Waals surface area contributed by atoms with Gasteiger partial charge in [-0.2, -0.15) is 0 Å². The second-order valence-electron chi connectivity index (χ2n) is 14.6. The number of nitrogens with zero attached hydrogens (tertiary/aromatic N) is 1. The van der Waals surface area contributed by atoms with E-state index in [4.69, 9.17) is 13.6 Å². The van der Waals surface area contributed by atoms with Gasteiger partial charge in [0.15, 0.2) is 14.1 Å². The average Bonchev–Trinajstić information content (AvgIpc) is 3.06. The molecule has 0 unspecified atom stereocenters. The summed E-state index contributed by atoms with van der Waals surface area (Å²) in [6.07, 6.45) is 7.04. The zero-order valence-corrected chi connectivity index (χ0v) is 25.9. The van der Waals surface area contributed by atoms with Crippen LogP contribution in [-0.4, -0.2) is 53.4 Å². The first kappa shape index (κ1) is 25.6. The van der Waals surface area contributed by atoms with E-state index < -0.39 is 16.6 Å². The SMILES string of the molecule is CN1CC[C@]23c4c5ccc(O[Si](C)(C)C(C)(C)C)c4O[C@H]2[C@@H](O[Si](C)(C)C(C)(C)C)C=C[C@H]3[C@H]1C5.